The maximum atomic E-state index is 12.9. The second-order valence-corrected chi connectivity index (χ2v) is 6.09. The highest BCUT2D eigenvalue weighted by molar-refractivity contribution is 7.12. The van der Waals surface area contributed by atoms with Gasteiger partial charge in [-0.05, 0) is 44.2 Å². The van der Waals surface area contributed by atoms with Gasteiger partial charge in [-0.1, -0.05) is 0 Å². The summed E-state index contributed by atoms with van der Waals surface area (Å²) in [7, 11) is 0. The molecule has 0 aromatic carbocycles. The Labute approximate surface area is 110 Å². The summed E-state index contributed by atoms with van der Waals surface area (Å²) < 4.78 is 25.9. The molecule has 1 unspecified atom stereocenters. The van der Waals surface area contributed by atoms with Gasteiger partial charge in [-0.3, -0.25) is 0 Å². The van der Waals surface area contributed by atoms with Gasteiger partial charge in [-0.25, -0.2) is 8.78 Å². The number of nitrogens with one attached hydrogen (secondary N) is 1. The third kappa shape index (κ3) is 3.28. The molecule has 2 nitrogen and oxygen atoms in total. The minimum absolute atomic E-state index is 0.0852. The van der Waals surface area contributed by atoms with Crippen molar-refractivity contribution in [3.8, 4) is 0 Å². The number of thiophene rings is 1. The van der Waals surface area contributed by atoms with Gasteiger partial charge < -0.3 is 10.4 Å². The molecule has 102 valence electrons. The van der Waals surface area contributed by atoms with Crippen molar-refractivity contribution >= 4 is 11.3 Å². The number of aliphatic hydroxyl groups excluding tert-OH is 1. The standard InChI is InChI=1S/C13H19F2NOS/c1-9(16-7-13(14,15)8-17)12-6-10-4-2-3-5-11(10)18-12/h6,9,16-17H,2-5,7-8H2,1H3. The zero-order chi connectivity index (χ0) is 13.2. The third-order valence-corrected chi connectivity index (χ3v) is 4.76. The molecule has 0 bridgehead atoms. The van der Waals surface area contributed by atoms with Crippen LogP contribution in [0.25, 0.3) is 0 Å². The average molecular weight is 275 g/mol. The van der Waals surface area contributed by atoms with Crippen LogP contribution in [0, 0.1) is 0 Å². The first-order chi connectivity index (χ1) is 8.52. The monoisotopic (exact) mass is 275 g/mol. The summed E-state index contributed by atoms with van der Waals surface area (Å²) in [6, 6.07) is 2.06. The molecule has 2 rings (SSSR count). The van der Waals surface area contributed by atoms with Gasteiger partial charge in [0.2, 0.25) is 0 Å². The van der Waals surface area contributed by atoms with Crippen LogP contribution in [0.4, 0.5) is 8.78 Å². The highest BCUT2D eigenvalue weighted by Crippen LogP contribution is 2.32. The first-order valence-corrected chi connectivity index (χ1v) is 7.17. The molecule has 1 heterocycles. The van der Waals surface area contributed by atoms with E-state index in [1.54, 1.807) is 11.3 Å². The van der Waals surface area contributed by atoms with Crippen LogP contribution < -0.4 is 5.32 Å². The maximum absolute atomic E-state index is 12.9. The molecule has 5 heteroatoms. The van der Waals surface area contributed by atoms with Gasteiger partial charge >= 0.3 is 0 Å². The number of alkyl halides is 2. The summed E-state index contributed by atoms with van der Waals surface area (Å²) in [5, 5.41) is 11.3. The van der Waals surface area contributed by atoms with Crippen LogP contribution >= 0.6 is 11.3 Å². The van der Waals surface area contributed by atoms with Crippen molar-refractivity contribution in [2.75, 3.05) is 13.2 Å². The molecular formula is C13H19F2NOS. The first kappa shape index (κ1) is 13.9. The zero-order valence-corrected chi connectivity index (χ0v) is 11.3. The molecule has 0 amide bonds. The first-order valence-electron chi connectivity index (χ1n) is 6.35. The number of aliphatic hydroxyl groups is 1. The Morgan fingerprint density at radius 2 is 2.17 bits per heavy atom. The van der Waals surface area contributed by atoms with Crippen LogP contribution in [0.3, 0.4) is 0 Å². The lowest BCUT2D eigenvalue weighted by Gasteiger charge is -2.17. The van der Waals surface area contributed by atoms with Crippen molar-refractivity contribution in [2.24, 2.45) is 0 Å². The predicted octanol–water partition coefficient (Wildman–Crippen LogP) is 2.91. The second-order valence-electron chi connectivity index (χ2n) is 4.92. The number of fused-ring (bicyclic) bond motifs is 1. The maximum Gasteiger partial charge on any atom is 0.282 e. The van der Waals surface area contributed by atoms with Gasteiger partial charge in [-0.15, -0.1) is 11.3 Å². The van der Waals surface area contributed by atoms with Crippen LogP contribution in [0.15, 0.2) is 6.07 Å². The van der Waals surface area contributed by atoms with E-state index in [2.05, 4.69) is 11.4 Å². The number of rotatable bonds is 5. The smallest absolute Gasteiger partial charge is 0.282 e. The number of halogens is 2. The van der Waals surface area contributed by atoms with E-state index in [0.29, 0.717) is 0 Å². The van der Waals surface area contributed by atoms with Crippen molar-refractivity contribution in [2.45, 2.75) is 44.6 Å². The molecule has 1 aliphatic rings. The summed E-state index contributed by atoms with van der Waals surface area (Å²) >= 11 is 1.73. The van der Waals surface area contributed by atoms with E-state index in [-0.39, 0.29) is 6.04 Å². The summed E-state index contributed by atoms with van der Waals surface area (Å²) in [6.45, 7) is 0.311. The lowest BCUT2D eigenvalue weighted by atomic mass is 9.99. The van der Waals surface area contributed by atoms with E-state index in [9.17, 15) is 8.78 Å². The van der Waals surface area contributed by atoms with Crippen molar-refractivity contribution < 1.29 is 13.9 Å². The van der Waals surface area contributed by atoms with Crippen LogP contribution in [-0.2, 0) is 12.8 Å². The highest BCUT2D eigenvalue weighted by atomic mass is 32.1. The van der Waals surface area contributed by atoms with E-state index in [4.69, 9.17) is 5.11 Å². The Morgan fingerprint density at radius 1 is 1.44 bits per heavy atom. The fourth-order valence-electron chi connectivity index (χ4n) is 2.19. The largest absolute Gasteiger partial charge is 0.390 e. The highest BCUT2D eigenvalue weighted by Gasteiger charge is 2.28. The van der Waals surface area contributed by atoms with Crippen LogP contribution in [-0.4, -0.2) is 24.2 Å². The molecule has 1 atom stereocenters. The fourth-order valence-corrected chi connectivity index (χ4v) is 3.47. The van der Waals surface area contributed by atoms with Gasteiger partial charge in [0.05, 0.1) is 6.54 Å². The molecule has 2 N–H and O–H groups in total. The van der Waals surface area contributed by atoms with Crippen LogP contribution in [0.5, 0.6) is 0 Å². The van der Waals surface area contributed by atoms with Gasteiger partial charge in [0.1, 0.15) is 6.61 Å². The molecule has 0 fully saturated rings. The minimum atomic E-state index is -3.04. The molecule has 1 aromatic heterocycles. The molecule has 0 saturated heterocycles. The van der Waals surface area contributed by atoms with E-state index < -0.39 is 19.1 Å². The number of hydrogen-bond acceptors (Lipinski definition) is 3. The molecule has 0 saturated carbocycles. The van der Waals surface area contributed by atoms with Gasteiger partial charge in [0.15, 0.2) is 0 Å². The van der Waals surface area contributed by atoms with Gasteiger partial charge in [-0.2, -0.15) is 0 Å². The normalized spacial score (nSPS) is 17.6. The van der Waals surface area contributed by atoms with E-state index >= 15 is 0 Å². The van der Waals surface area contributed by atoms with E-state index in [1.165, 1.54) is 23.3 Å². The molecule has 0 spiro atoms. The van der Waals surface area contributed by atoms with Crippen molar-refractivity contribution in [1.82, 2.24) is 5.32 Å². The van der Waals surface area contributed by atoms with Crippen molar-refractivity contribution in [3.63, 3.8) is 0 Å². The number of hydrogen-bond donors (Lipinski definition) is 2. The summed E-state index contributed by atoms with van der Waals surface area (Å²) in [5.74, 6) is -3.04. The molecule has 0 aliphatic heterocycles. The summed E-state index contributed by atoms with van der Waals surface area (Å²) in [5.41, 5.74) is 1.39. The predicted molar refractivity (Wildman–Crippen MR) is 69.4 cm³/mol. The quantitative estimate of drug-likeness (QED) is 0.866. The topological polar surface area (TPSA) is 32.3 Å². The van der Waals surface area contributed by atoms with E-state index in [1.807, 2.05) is 6.92 Å². The summed E-state index contributed by atoms with van der Waals surface area (Å²) in [6.07, 6.45) is 4.70. The molecule has 0 radical (unpaired) electrons. The Hall–Kier alpha value is -0.520. The van der Waals surface area contributed by atoms with Crippen LogP contribution in [0.1, 0.15) is 41.1 Å². The second kappa shape index (κ2) is 5.63. The van der Waals surface area contributed by atoms with E-state index in [0.717, 1.165) is 17.7 Å². The number of aryl methyl sites for hydroxylation is 2. The van der Waals surface area contributed by atoms with Gasteiger partial charge in [0.25, 0.3) is 5.92 Å². The Morgan fingerprint density at radius 3 is 2.83 bits per heavy atom. The lowest BCUT2D eigenvalue weighted by molar-refractivity contribution is -0.0490. The molecule has 1 aromatic rings. The Balaban J connectivity index is 1.96. The lowest BCUT2D eigenvalue weighted by Crippen LogP contribution is -2.36. The van der Waals surface area contributed by atoms with Crippen molar-refractivity contribution in [3.05, 3.63) is 21.4 Å². The fraction of sp³-hybridized carbons (Fsp3) is 0.692. The van der Waals surface area contributed by atoms with Crippen molar-refractivity contribution in [1.29, 1.82) is 0 Å². The van der Waals surface area contributed by atoms with Gasteiger partial charge in [0, 0.05) is 15.8 Å². The molecule has 18 heavy (non-hydrogen) atoms. The molecular weight excluding hydrogens is 256 g/mol. The Kier molecular flexibility index (Phi) is 4.35. The SMILES string of the molecule is CC(NCC(F)(F)CO)c1cc2c(s1)CCCC2. The average Bonchev–Trinajstić information content (AvgIpc) is 2.80. The Bertz CT molecular complexity index is 382. The van der Waals surface area contributed by atoms with Crippen LogP contribution in [0.2, 0.25) is 0 Å². The zero-order valence-electron chi connectivity index (χ0n) is 10.5. The minimum Gasteiger partial charge on any atom is -0.390 e. The summed E-state index contributed by atoms with van der Waals surface area (Å²) in [4.78, 5) is 2.54. The molecule has 1 aliphatic carbocycles. The third-order valence-electron chi connectivity index (χ3n) is 3.34.